The molecule has 1 aliphatic rings. The topological polar surface area (TPSA) is 230 Å². The van der Waals surface area contributed by atoms with Crippen LogP contribution in [0.2, 0.25) is 0 Å². The summed E-state index contributed by atoms with van der Waals surface area (Å²) in [4.78, 5) is 35.8. The molecule has 370 valence electrons. The minimum absolute atomic E-state index is 0.0240. The van der Waals surface area contributed by atoms with Gasteiger partial charge in [0.1, 0.15) is 43.2 Å². The number of ether oxygens (including phenoxy) is 2. The van der Waals surface area contributed by atoms with Crippen molar-refractivity contribution in [3.05, 3.63) is 60.8 Å². The average Bonchev–Trinajstić information content (AvgIpc) is 3.27. The molecule has 9 atom stereocenters. The molecular formula is C49H85O14P. The molecule has 0 aromatic heterocycles. The summed E-state index contributed by atoms with van der Waals surface area (Å²) < 4.78 is 33.5. The first-order chi connectivity index (χ1) is 30.8. The van der Waals surface area contributed by atoms with Gasteiger partial charge < -0.3 is 45.0 Å². The molecule has 0 aliphatic heterocycles. The van der Waals surface area contributed by atoms with Gasteiger partial charge in [0.05, 0.1) is 12.7 Å². The van der Waals surface area contributed by atoms with Crippen molar-refractivity contribution in [3.63, 3.8) is 0 Å². The molecule has 7 N–H and O–H groups in total. The van der Waals surface area contributed by atoms with E-state index in [9.17, 15) is 49.7 Å². The van der Waals surface area contributed by atoms with Crippen LogP contribution in [0.3, 0.4) is 0 Å². The van der Waals surface area contributed by atoms with Crippen molar-refractivity contribution in [1.29, 1.82) is 0 Å². The predicted molar refractivity (Wildman–Crippen MR) is 250 cm³/mol. The van der Waals surface area contributed by atoms with Gasteiger partial charge in [-0.2, -0.15) is 0 Å². The molecule has 1 aliphatic carbocycles. The highest BCUT2D eigenvalue weighted by molar-refractivity contribution is 7.47. The molecule has 4 unspecified atom stereocenters. The minimum atomic E-state index is -5.15. The Labute approximate surface area is 384 Å². The van der Waals surface area contributed by atoms with E-state index < -0.39 is 81.8 Å². The maximum atomic E-state index is 12.8. The van der Waals surface area contributed by atoms with Crippen molar-refractivity contribution >= 4 is 19.8 Å². The summed E-state index contributed by atoms with van der Waals surface area (Å²) in [6, 6.07) is 0. The molecule has 64 heavy (non-hydrogen) atoms. The molecule has 0 bridgehead atoms. The lowest BCUT2D eigenvalue weighted by Gasteiger charge is -2.41. The fourth-order valence-corrected chi connectivity index (χ4v) is 8.00. The van der Waals surface area contributed by atoms with Crippen LogP contribution < -0.4 is 0 Å². The number of aliphatic hydroxyl groups excluding tert-OH is 6. The first-order valence-electron chi connectivity index (χ1n) is 24.2. The highest BCUT2D eigenvalue weighted by atomic mass is 31.2. The number of rotatable bonds is 39. The number of aliphatic hydroxyl groups is 6. The number of unbranched alkanes of at least 4 members (excludes halogenated alkanes) is 16. The summed E-state index contributed by atoms with van der Waals surface area (Å²) in [5.41, 5.74) is 0. The van der Waals surface area contributed by atoms with E-state index in [1.54, 1.807) is 6.08 Å². The van der Waals surface area contributed by atoms with Crippen molar-refractivity contribution in [3.8, 4) is 0 Å². The van der Waals surface area contributed by atoms with Gasteiger partial charge in [-0.15, -0.1) is 0 Å². The van der Waals surface area contributed by atoms with Gasteiger partial charge in [-0.05, 0) is 64.2 Å². The lowest BCUT2D eigenvalue weighted by atomic mass is 9.85. The van der Waals surface area contributed by atoms with Crippen LogP contribution in [0.5, 0.6) is 0 Å². The highest BCUT2D eigenvalue weighted by Crippen LogP contribution is 2.47. The van der Waals surface area contributed by atoms with E-state index in [4.69, 9.17) is 18.5 Å². The molecular weight excluding hydrogens is 843 g/mol. The molecule has 1 saturated carbocycles. The Balaban J connectivity index is 2.46. The second-order valence-electron chi connectivity index (χ2n) is 16.8. The number of hydrogen-bond acceptors (Lipinski definition) is 13. The Kier molecular flexibility index (Phi) is 35.9. The molecule has 0 aromatic carbocycles. The Morgan fingerprint density at radius 3 is 1.67 bits per heavy atom. The van der Waals surface area contributed by atoms with Crippen molar-refractivity contribution < 1.29 is 68.2 Å². The average molecular weight is 929 g/mol. The molecule has 14 nitrogen and oxygen atoms in total. The zero-order chi connectivity index (χ0) is 47.3. The molecule has 0 heterocycles. The van der Waals surface area contributed by atoms with Gasteiger partial charge in [0.15, 0.2) is 6.10 Å². The third kappa shape index (κ3) is 30.7. The van der Waals surface area contributed by atoms with E-state index >= 15 is 0 Å². The molecule has 15 heteroatoms. The number of esters is 2. The Hall–Kier alpha value is -2.49. The summed E-state index contributed by atoms with van der Waals surface area (Å²) >= 11 is 0. The summed E-state index contributed by atoms with van der Waals surface area (Å²) in [6.45, 7) is 3.06. The molecule has 0 saturated heterocycles. The number of allylic oxidation sites excluding steroid dienone is 9. The summed E-state index contributed by atoms with van der Waals surface area (Å²) in [7, 11) is -5.15. The highest BCUT2D eigenvalue weighted by Gasteiger charge is 2.51. The van der Waals surface area contributed by atoms with Crippen LogP contribution in [0.15, 0.2) is 60.8 Å². The molecule has 0 amide bonds. The molecule has 0 radical (unpaired) electrons. The Morgan fingerprint density at radius 2 is 1.08 bits per heavy atom. The number of carbonyl (C=O) groups is 2. The standard InChI is InChI=1S/C49H85O14P/c1-3-5-7-9-11-12-13-14-15-16-17-18-19-20-21-22-24-28-32-36-42(51)60-38-41(39-61-64(58,59)63-49-47(56)45(54)44(53)46(55)48(49)57)62-43(52)37-33-29-25-27-31-35-40(50)34-30-26-23-10-8-6-4-2/h6,8,11-12,14-15,23,26,30,34,40-41,44-50,53-57H,3-5,7,9-10,13,16-22,24-25,27-29,31-33,35-39H2,1-2H3,(H,58,59)/b8-6+,12-11-,15-14-,26-23+,34-30+/t40?,41-,44?,45-,46+,47-,48-,49?/m1/s1. The van der Waals surface area contributed by atoms with Crippen molar-refractivity contribution in [1.82, 2.24) is 0 Å². The quantitative estimate of drug-likeness (QED) is 0.0101. The van der Waals surface area contributed by atoms with E-state index in [0.29, 0.717) is 19.3 Å². The third-order valence-corrected chi connectivity index (χ3v) is 11.9. The van der Waals surface area contributed by atoms with E-state index in [-0.39, 0.29) is 12.8 Å². The van der Waals surface area contributed by atoms with Gasteiger partial charge in [-0.25, -0.2) is 4.57 Å². The van der Waals surface area contributed by atoms with Crippen LogP contribution >= 0.6 is 7.82 Å². The summed E-state index contributed by atoms with van der Waals surface area (Å²) in [6.07, 6.45) is 29.9. The lowest BCUT2D eigenvalue weighted by Crippen LogP contribution is -2.64. The minimum Gasteiger partial charge on any atom is -0.462 e. The van der Waals surface area contributed by atoms with Crippen LogP contribution in [0.25, 0.3) is 0 Å². The van der Waals surface area contributed by atoms with Crippen LogP contribution in [-0.4, -0.2) is 110 Å². The van der Waals surface area contributed by atoms with E-state index in [2.05, 4.69) is 50.3 Å². The van der Waals surface area contributed by atoms with Gasteiger partial charge >= 0.3 is 19.8 Å². The fourth-order valence-electron chi connectivity index (χ4n) is 7.03. The van der Waals surface area contributed by atoms with Gasteiger partial charge in [0.2, 0.25) is 0 Å². The first-order valence-corrected chi connectivity index (χ1v) is 25.7. The van der Waals surface area contributed by atoms with Gasteiger partial charge in [0, 0.05) is 12.8 Å². The SMILES string of the molecule is CC/C=C/C/C=C/C=C/C(O)CCCCCCCC(=O)O[C@H](COC(=O)CCCCCCCCCCC/C=C\C/C=C\CCCCC)COP(=O)(O)OC1[C@H](O)[C@H](O)C(O)[C@H](O)[C@H]1O. The smallest absolute Gasteiger partial charge is 0.462 e. The molecule has 1 fully saturated rings. The number of carbonyl (C=O) groups excluding carboxylic acids is 2. The van der Waals surface area contributed by atoms with Crippen molar-refractivity contribution in [2.45, 2.75) is 223 Å². The number of phosphoric ester groups is 1. The van der Waals surface area contributed by atoms with Crippen molar-refractivity contribution in [2.24, 2.45) is 0 Å². The number of phosphoric acid groups is 1. The normalized spacial score (nSPS) is 22.6. The summed E-state index contributed by atoms with van der Waals surface area (Å²) in [5, 5.41) is 60.4. The van der Waals surface area contributed by atoms with E-state index in [1.165, 1.54) is 51.4 Å². The van der Waals surface area contributed by atoms with Gasteiger partial charge in [-0.3, -0.25) is 18.6 Å². The van der Waals surface area contributed by atoms with Crippen LogP contribution in [0, 0.1) is 0 Å². The largest absolute Gasteiger partial charge is 0.472 e. The zero-order valence-electron chi connectivity index (χ0n) is 38.9. The maximum Gasteiger partial charge on any atom is 0.472 e. The molecule has 0 aromatic rings. The monoisotopic (exact) mass is 929 g/mol. The lowest BCUT2D eigenvalue weighted by molar-refractivity contribution is -0.220. The van der Waals surface area contributed by atoms with Crippen LogP contribution in [0.4, 0.5) is 0 Å². The van der Waals surface area contributed by atoms with Crippen molar-refractivity contribution in [2.75, 3.05) is 13.2 Å². The summed E-state index contributed by atoms with van der Waals surface area (Å²) in [5.74, 6) is -1.18. The zero-order valence-corrected chi connectivity index (χ0v) is 39.8. The Bertz CT molecular complexity index is 1370. The van der Waals surface area contributed by atoms with Gasteiger partial charge in [-0.1, -0.05) is 158 Å². The van der Waals surface area contributed by atoms with Gasteiger partial charge in [0.25, 0.3) is 0 Å². The van der Waals surface area contributed by atoms with Crippen LogP contribution in [-0.2, 0) is 32.7 Å². The first kappa shape index (κ1) is 59.5. The maximum absolute atomic E-state index is 12.8. The second kappa shape index (κ2) is 38.6. The van der Waals surface area contributed by atoms with E-state index in [0.717, 1.165) is 77.0 Å². The van der Waals surface area contributed by atoms with E-state index in [1.807, 2.05) is 18.2 Å². The predicted octanol–water partition coefficient (Wildman–Crippen LogP) is 8.70. The number of hydrogen-bond donors (Lipinski definition) is 7. The van der Waals surface area contributed by atoms with Crippen LogP contribution in [0.1, 0.15) is 174 Å². The fraction of sp³-hybridized carbons (Fsp3) is 0.755. The third-order valence-electron chi connectivity index (χ3n) is 10.9. The Morgan fingerprint density at radius 1 is 0.578 bits per heavy atom. The molecule has 1 rings (SSSR count). The second-order valence-corrected chi connectivity index (χ2v) is 18.2. The molecule has 0 spiro atoms.